The van der Waals surface area contributed by atoms with Gasteiger partial charge in [0.15, 0.2) is 0 Å². The molecule has 6 heteroatoms. The average Bonchev–Trinajstić information content (AvgIpc) is 2.63. The van der Waals surface area contributed by atoms with Crippen molar-refractivity contribution in [1.29, 1.82) is 0 Å². The largest absolute Gasteiger partial charge is 0.397 e. The Kier molecular flexibility index (Phi) is 4.21. The molecule has 1 aromatic heterocycles. The van der Waals surface area contributed by atoms with Crippen LogP contribution < -0.4 is 16.4 Å². The van der Waals surface area contributed by atoms with Gasteiger partial charge in [-0.15, -0.1) is 0 Å². The molecule has 1 amide bonds. The Morgan fingerprint density at radius 3 is 2.95 bits per heavy atom. The Morgan fingerprint density at radius 1 is 1.47 bits per heavy atom. The number of aliphatic hydroxyl groups is 1. The van der Waals surface area contributed by atoms with Crippen LogP contribution in [0.3, 0.4) is 0 Å². The number of nitrogen functional groups attached to an aromatic ring is 1. The van der Waals surface area contributed by atoms with Gasteiger partial charge in [-0.05, 0) is 18.9 Å². The van der Waals surface area contributed by atoms with Crippen LogP contribution in [-0.2, 0) is 0 Å². The van der Waals surface area contributed by atoms with Gasteiger partial charge in [0.25, 0.3) is 5.91 Å². The van der Waals surface area contributed by atoms with Crippen molar-refractivity contribution in [3.05, 3.63) is 17.8 Å². The minimum Gasteiger partial charge on any atom is -0.397 e. The van der Waals surface area contributed by atoms with Gasteiger partial charge in [-0.1, -0.05) is 12.8 Å². The number of primary amides is 1. The summed E-state index contributed by atoms with van der Waals surface area (Å²) in [5, 5.41) is 9.52. The minimum absolute atomic E-state index is 0.0169. The number of amides is 1. The fraction of sp³-hybridized carbons (Fsp3) is 0.538. The predicted molar refractivity (Wildman–Crippen MR) is 73.9 cm³/mol. The summed E-state index contributed by atoms with van der Waals surface area (Å²) in [4.78, 5) is 17.8. The van der Waals surface area contributed by atoms with Crippen LogP contribution >= 0.6 is 0 Å². The van der Waals surface area contributed by atoms with E-state index in [0.717, 1.165) is 32.2 Å². The maximum Gasteiger partial charge on any atom is 0.252 e. The van der Waals surface area contributed by atoms with E-state index >= 15 is 0 Å². The van der Waals surface area contributed by atoms with Gasteiger partial charge in [0.1, 0.15) is 5.82 Å². The molecule has 1 aliphatic rings. The highest BCUT2D eigenvalue weighted by Gasteiger charge is 2.25. The number of rotatable bonds is 3. The lowest BCUT2D eigenvalue weighted by Crippen LogP contribution is -2.39. The van der Waals surface area contributed by atoms with E-state index in [0.29, 0.717) is 17.1 Å². The van der Waals surface area contributed by atoms with Gasteiger partial charge in [-0.2, -0.15) is 0 Å². The zero-order valence-electron chi connectivity index (χ0n) is 10.9. The molecule has 104 valence electrons. The van der Waals surface area contributed by atoms with Crippen molar-refractivity contribution >= 4 is 17.4 Å². The van der Waals surface area contributed by atoms with E-state index in [1.807, 2.05) is 4.90 Å². The summed E-state index contributed by atoms with van der Waals surface area (Å²) >= 11 is 0. The van der Waals surface area contributed by atoms with Crippen LogP contribution in [0.2, 0.25) is 0 Å². The van der Waals surface area contributed by atoms with Crippen LogP contribution in [0.1, 0.15) is 36.0 Å². The molecule has 1 fully saturated rings. The lowest BCUT2D eigenvalue weighted by Gasteiger charge is -2.30. The Hall–Kier alpha value is -1.82. The fourth-order valence-corrected chi connectivity index (χ4v) is 2.53. The van der Waals surface area contributed by atoms with Crippen LogP contribution in [0.5, 0.6) is 0 Å². The Balaban J connectivity index is 2.40. The summed E-state index contributed by atoms with van der Waals surface area (Å²) in [7, 11) is 0. The van der Waals surface area contributed by atoms with Crippen molar-refractivity contribution in [3.8, 4) is 0 Å². The summed E-state index contributed by atoms with van der Waals surface area (Å²) in [5.74, 6) is -0.0154. The fourth-order valence-electron chi connectivity index (χ4n) is 2.53. The molecule has 2 rings (SSSR count). The summed E-state index contributed by atoms with van der Waals surface area (Å²) in [6, 6.07) is 1.53. The third kappa shape index (κ3) is 2.96. The second-order valence-corrected chi connectivity index (χ2v) is 4.88. The van der Waals surface area contributed by atoms with Gasteiger partial charge in [0.05, 0.1) is 30.1 Å². The van der Waals surface area contributed by atoms with Crippen molar-refractivity contribution in [2.45, 2.75) is 31.7 Å². The summed E-state index contributed by atoms with van der Waals surface area (Å²) in [6.45, 7) is 0.812. The molecule has 19 heavy (non-hydrogen) atoms. The molecule has 0 aliphatic carbocycles. The smallest absolute Gasteiger partial charge is 0.252 e. The highest BCUT2D eigenvalue weighted by molar-refractivity contribution is 5.98. The molecule has 0 radical (unpaired) electrons. The number of hydrogen-bond acceptors (Lipinski definition) is 5. The molecule has 1 aromatic rings. The number of nitrogens with zero attached hydrogens (tertiary/aromatic N) is 2. The molecule has 1 aliphatic heterocycles. The zero-order valence-corrected chi connectivity index (χ0v) is 10.9. The highest BCUT2D eigenvalue weighted by Crippen LogP contribution is 2.26. The van der Waals surface area contributed by atoms with E-state index < -0.39 is 5.91 Å². The topological polar surface area (TPSA) is 105 Å². The number of nitrogens with two attached hydrogens (primary N) is 2. The van der Waals surface area contributed by atoms with Crippen molar-refractivity contribution in [2.24, 2.45) is 5.73 Å². The first-order valence-corrected chi connectivity index (χ1v) is 6.56. The lowest BCUT2D eigenvalue weighted by atomic mass is 10.1. The first-order chi connectivity index (χ1) is 9.13. The zero-order chi connectivity index (χ0) is 13.8. The van der Waals surface area contributed by atoms with Crippen LogP contribution in [0.15, 0.2) is 12.3 Å². The quantitative estimate of drug-likeness (QED) is 0.737. The van der Waals surface area contributed by atoms with Gasteiger partial charge in [0, 0.05) is 6.54 Å². The number of pyridine rings is 1. The van der Waals surface area contributed by atoms with E-state index in [1.54, 1.807) is 6.07 Å². The number of aromatic nitrogens is 1. The molecule has 1 saturated heterocycles. The number of carbonyl (C=O) groups is 1. The molecular formula is C13H20N4O2. The van der Waals surface area contributed by atoms with Crippen LogP contribution in [-0.4, -0.2) is 35.2 Å². The van der Waals surface area contributed by atoms with E-state index in [2.05, 4.69) is 4.98 Å². The van der Waals surface area contributed by atoms with Crippen molar-refractivity contribution in [3.63, 3.8) is 0 Å². The van der Waals surface area contributed by atoms with Crippen LogP contribution in [0.4, 0.5) is 11.5 Å². The van der Waals surface area contributed by atoms with Gasteiger partial charge >= 0.3 is 0 Å². The van der Waals surface area contributed by atoms with Gasteiger partial charge in [0.2, 0.25) is 0 Å². The molecule has 0 spiro atoms. The SMILES string of the molecule is NC(=O)c1cc(N)cnc1N1CCCCCC1CO. The molecule has 0 bridgehead atoms. The molecule has 2 heterocycles. The Labute approximate surface area is 112 Å². The Morgan fingerprint density at radius 2 is 2.26 bits per heavy atom. The number of carbonyl (C=O) groups excluding carboxylic acids is 1. The first-order valence-electron chi connectivity index (χ1n) is 6.56. The number of aliphatic hydroxyl groups excluding tert-OH is 1. The van der Waals surface area contributed by atoms with Crippen LogP contribution in [0.25, 0.3) is 0 Å². The number of hydrogen-bond donors (Lipinski definition) is 3. The third-order valence-electron chi connectivity index (χ3n) is 3.51. The Bertz CT molecular complexity index is 464. The normalized spacial score (nSPS) is 20.1. The standard InChI is InChI=1S/C13H20N4O2/c14-9-6-11(12(15)19)13(16-7-9)17-5-3-1-2-4-10(17)8-18/h6-7,10,18H,1-5,8,14H2,(H2,15,19). The summed E-state index contributed by atoms with van der Waals surface area (Å²) in [6.07, 6.45) is 5.61. The van der Waals surface area contributed by atoms with E-state index in [4.69, 9.17) is 11.5 Å². The molecular weight excluding hydrogens is 244 g/mol. The average molecular weight is 264 g/mol. The second kappa shape index (κ2) is 5.88. The van der Waals surface area contributed by atoms with Crippen molar-refractivity contribution in [1.82, 2.24) is 4.98 Å². The first kappa shape index (κ1) is 13.6. The predicted octanol–water partition coefficient (Wildman–Crippen LogP) is 0.504. The van der Waals surface area contributed by atoms with E-state index in [9.17, 15) is 9.90 Å². The maximum atomic E-state index is 11.5. The molecule has 1 atom stereocenters. The molecule has 0 aromatic carbocycles. The van der Waals surface area contributed by atoms with Crippen molar-refractivity contribution in [2.75, 3.05) is 23.8 Å². The van der Waals surface area contributed by atoms with Crippen molar-refractivity contribution < 1.29 is 9.90 Å². The highest BCUT2D eigenvalue weighted by atomic mass is 16.3. The van der Waals surface area contributed by atoms with Gasteiger partial charge in [-0.25, -0.2) is 4.98 Å². The van der Waals surface area contributed by atoms with Crippen LogP contribution in [0, 0.1) is 0 Å². The number of anilines is 2. The lowest BCUT2D eigenvalue weighted by molar-refractivity contribution is 0.1000. The second-order valence-electron chi connectivity index (χ2n) is 4.88. The minimum atomic E-state index is -0.546. The monoisotopic (exact) mass is 264 g/mol. The third-order valence-corrected chi connectivity index (χ3v) is 3.51. The van der Waals surface area contributed by atoms with Gasteiger partial charge < -0.3 is 21.5 Å². The maximum absolute atomic E-state index is 11.5. The molecule has 6 nitrogen and oxygen atoms in total. The molecule has 1 unspecified atom stereocenters. The summed E-state index contributed by atoms with van der Waals surface area (Å²) < 4.78 is 0. The molecule has 5 N–H and O–H groups in total. The summed E-state index contributed by atoms with van der Waals surface area (Å²) in [5.41, 5.74) is 11.8. The van der Waals surface area contributed by atoms with Gasteiger partial charge in [-0.3, -0.25) is 4.79 Å². The van der Waals surface area contributed by atoms with E-state index in [1.165, 1.54) is 6.20 Å². The van der Waals surface area contributed by atoms with E-state index in [-0.39, 0.29) is 12.6 Å². The molecule has 0 saturated carbocycles.